The average molecular weight is 445 g/mol. The zero-order chi connectivity index (χ0) is 22.5. The topological polar surface area (TPSA) is 147 Å². The van der Waals surface area contributed by atoms with Gasteiger partial charge >= 0.3 is 5.97 Å². The molecule has 0 bridgehead atoms. The number of amides is 1. The molecule has 162 valence electrons. The molecule has 1 atom stereocenters. The van der Waals surface area contributed by atoms with Gasteiger partial charge in [0.2, 0.25) is 0 Å². The van der Waals surface area contributed by atoms with Crippen LogP contribution >= 0.6 is 0 Å². The van der Waals surface area contributed by atoms with Crippen LogP contribution in [0.4, 0.5) is 5.69 Å². The molecule has 3 rings (SSSR count). The Labute approximate surface area is 178 Å². The molecule has 0 saturated carbocycles. The van der Waals surface area contributed by atoms with Crippen molar-refractivity contribution in [3.05, 3.63) is 70.0 Å². The molecule has 10 nitrogen and oxygen atoms in total. The second kappa shape index (κ2) is 9.30. The maximum atomic E-state index is 13.0. The Kier molecular flexibility index (Phi) is 6.55. The second-order valence-electron chi connectivity index (χ2n) is 6.45. The van der Waals surface area contributed by atoms with Crippen LogP contribution in [-0.4, -0.2) is 43.8 Å². The number of aliphatic carboxylic acids is 1. The molecule has 1 amide bonds. The van der Waals surface area contributed by atoms with E-state index in [0.29, 0.717) is 5.69 Å². The highest BCUT2D eigenvalue weighted by Crippen LogP contribution is 2.29. The average Bonchev–Trinajstić information content (AvgIpc) is 2.73. The maximum Gasteiger partial charge on any atom is 0.322 e. The fourth-order valence-electron chi connectivity index (χ4n) is 2.87. The largest absolute Gasteiger partial charge is 0.506 e. The van der Waals surface area contributed by atoms with E-state index in [4.69, 9.17) is 9.94 Å². The Morgan fingerprint density at radius 1 is 1.16 bits per heavy atom. The molecule has 0 aliphatic carbocycles. The summed E-state index contributed by atoms with van der Waals surface area (Å²) in [5, 5.41) is 21.6. The predicted octanol–water partition coefficient (Wildman–Crippen LogP) is 0.856. The molecule has 0 aliphatic rings. The van der Waals surface area contributed by atoms with E-state index in [-0.39, 0.29) is 17.5 Å². The van der Waals surface area contributed by atoms with Crippen molar-refractivity contribution >= 4 is 39.5 Å². The number of carboxylic acid groups (broad SMARTS) is 1. The summed E-state index contributed by atoms with van der Waals surface area (Å²) in [5.41, 5.74) is -0.332. The summed E-state index contributed by atoms with van der Waals surface area (Å²) in [6.45, 7) is -0.743. The lowest BCUT2D eigenvalue weighted by molar-refractivity contribution is -0.135. The van der Waals surface area contributed by atoms with E-state index in [1.54, 1.807) is 24.3 Å². The SMILES string of the molecule is CS(=O)Nc1ccc2c(c1)c(O)c(C(=O)NCC(=O)O)c(=O)n2OCc1ccccc1. The molecule has 0 spiro atoms. The molecule has 0 saturated heterocycles. The number of pyridine rings is 1. The number of carbonyl (C=O) groups excluding carboxylic acids is 1. The number of nitrogens with one attached hydrogen (secondary N) is 2. The highest BCUT2D eigenvalue weighted by Gasteiger charge is 2.24. The molecule has 0 fully saturated rings. The van der Waals surface area contributed by atoms with Gasteiger partial charge < -0.3 is 25.1 Å². The predicted molar refractivity (Wildman–Crippen MR) is 114 cm³/mol. The van der Waals surface area contributed by atoms with E-state index < -0.39 is 46.3 Å². The third kappa shape index (κ3) is 5.01. The van der Waals surface area contributed by atoms with Crippen molar-refractivity contribution in [1.82, 2.24) is 10.0 Å². The Hall–Kier alpha value is -3.86. The zero-order valence-electron chi connectivity index (χ0n) is 16.3. The molecular weight excluding hydrogens is 426 g/mol. The van der Waals surface area contributed by atoms with Crippen molar-refractivity contribution in [1.29, 1.82) is 0 Å². The Bertz CT molecular complexity index is 1220. The minimum Gasteiger partial charge on any atom is -0.506 e. The lowest BCUT2D eigenvalue weighted by Crippen LogP contribution is -2.37. The molecule has 0 radical (unpaired) electrons. The molecule has 1 heterocycles. The van der Waals surface area contributed by atoms with Gasteiger partial charge in [-0.1, -0.05) is 30.3 Å². The molecule has 3 aromatic rings. The number of nitrogens with zero attached hydrogens (tertiary/aromatic N) is 1. The van der Waals surface area contributed by atoms with Crippen LogP contribution in [0.1, 0.15) is 15.9 Å². The monoisotopic (exact) mass is 445 g/mol. The van der Waals surface area contributed by atoms with Crippen molar-refractivity contribution in [2.24, 2.45) is 0 Å². The van der Waals surface area contributed by atoms with Gasteiger partial charge in [-0.2, -0.15) is 0 Å². The molecule has 11 heteroatoms. The lowest BCUT2D eigenvalue weighted by Gasteiger charge is -2.16. The van der Waals surface area contributed by atoms with E-state index >= 15 is 0 Å². The summed E-state index contributed by atoms with van der Waals surface area (Å²) in [6.07, 6.45) is 1.42. The Balaban J connectivity index is 2.14. The van der Waals surface area contributed by atoms with Crippen molar-refractivity contribution in [2.45, 2.75) is 6.61 Å². The van der Waals surface area contributed by atoms with Crippen LogP contribution in [0.2, 0.25) is 0 Å². The van der Waals surface area contributed by atoms with Crippen molar-refractivity contribution in [3.63, 3.8) is 0 Å². The first-order valence-corrected chi connectivity index (χ1v) is 10.5. The van der Waals surface area contributed by atoms with Gasteiger partial charge in [0, 0.05) is 17.3 Å². The Morgan fingerprint density at radius 3 is 2.52 bits per heavy atom. The highest BCUT2D eigenvalue weighted by molar-refractivity contribution is 7.85. The lowest BCUT2D eigenvalue weighted by atomic mass is 10.1. The molecule has 1 aromatic heterocycles. The van der Waals surface area contributed by atoms with Gasteiger partial charge in [-0.05, 0) is 23.8 Å². The van der Waals surface area contributed by atoms with E-state index in [0.717, 1.165) is 10.3 Å². The number of hydrogen-bond donors (Lipinski definition) is 4. The van der Waals surface area contributed by atoms with Crippen LogP contribution < -0.4 is 20.4 Å². The maximum absolute atomic E-state index is 13.0. The van der Waals surface area contributed by atoms with Crippen molar-refractivity contribution < 1.29 is 28.8 Å². The number of aromatic hydroxyl groups is 1. The third-order valence-corrected chi connectivity index (χ3v) is 4.72. The standard InChI is InChI=1S/C20H19N3O7S/c1-31(29)22-13-7-8-15-14(9-13)18(26)17(19(27)21-10-16(24)25)20(28)23(15)30-11-12-5-3-2-4-6-12/h2-9,22,26H,10-11H2,1H3,(H,21,27)(H,24,25). The first-order chi connectivity index (χ1) is 14.8. The van der Waals surface area contributed by atoms with E-state index in [9.17, 15) is 23.7 Å². The first kappa shape index (κ1) is 21.8. The molecule has 1 unspecified atom stereocenters. The van der Waals surface area contributed by atoms with E-state index in [1.165, 1.54) is 24.5 Å². The second-order valence-corrected chi connectivity index (χ2v) is 7.56. The number of anilines is 1. The number of hydrogen-bond acceptors (Lipinski definition) is 6. The zero-order valence-corrected chi connectivity index (χ0v) is 17.1. The fourth-order valence-corrected chi connectivity index (χ4v) is 3.33. The van der Waals surface area contributed by atoms with Gasteiger partial charge in [-0.3, -0.25) is 14.4 Å². The summed E-state index contributed by atoms with van der Waals surface area (Å²) in [6, 6.07) is 13.4. The number of carboxylic acids is 1. The molecule has 2 aromatic carbocycles. The van der Waals surface area contributed by atoms with Crippen LogP contribution in [0, 0.1) is 0 Å². The minimum absolute atomic E-state index is 0.00418. The van der Waals surface area contributed by atoms with Crippen LogP contribution in [0.3, 0.4) is 0 Å². The first-order valence-electron chi connectivity index (χ1n) is 8.97. The minimum atomic E-state index is -1.40. The van der Waals surface area contributed by atoms with Gasteiger partial charge in [0.05, 0.1) is 5.52 Å². The summed E-state index contributed by atoms with van der Waals surface area (Å²) >= 11 is 0. The summed E-state index contributed by atoms with van der Waals surface area (Å²) < 4.78 is 15.0. The van der Waals surface area contributed by atoms with Gasteiger partial charge in [-0.15, -0.1) is 4.73 Å². The summed E-state index contributed by atoms with van der Waals surface area (Å²) in [7, 11) is -1.40. The van der Waals surface area contributed by atoms with Crippen molar-refractivity contribution in [3.8, 4) is 5.75 Å². The Morgan fingerprint density at radius 2 is 1.87 bits per heavy atom. The number of carbonyl (C=O) groups is 2. The van der Waals surface area contributed by atoms with E-state index in [2.05, 4.69) is 10.0 Å². The van der Waals surface area contributed by atoms with Crippen LogP contribution in [0.25, 0.3) is 10.9 Å². The fraction of sp³-hybridized carbons (Fsp3) is 0.150. The summed E-state index contributed by atoms with van der Waals surface area (Å²) in [4.78, 5) is 41.8. The van der Waals surface area contributed by atoms with E-state index in [1.807, 2.05) is 6.07 Å². The van der Waals surface area contributed by atoms with Gasteiger partial charge in [0.1, 0.15) is 29.9 Å². The van der Waals surface area contributed by atoms with Crippen LogP contribution in [0.5, 0.6) is 5.75 Å². The molecular formula is C20H19N3O7S. The highest BCUT2D eigenvalue weighted by atomic mass is 32.2. The number of fused-ring (bicyclic) bond motifs is 1. The van der Waals surface area contributed by atoms with Crippen molar-refractivity contribution in [2.75, 3.05) is 17.5 Å². The van der Waals surface area contributed by atoms with Gasteiger partial charge in [-0.25, -0.2) is 4.21 Å². The van der Waals surface area contributed by atoms with Crippen LogP contribution in [0.15, 0.2) is 53.3 Å². The number of rotatable bonds is 8. The molecule has 31 heavy (non-hydrogen) atoms. The summed E-state index contributed by atoms with van der Waals surface area (Å²) in [5.74, 6) is -3.03. The smallest absolute Gasteiger partial charge is 0.322 e. The molecule has 4 N–H and O–H groups in total. The van der Waals surface area contributed by atoms with Crippen LogP contribution in [-0.2, 0) is 22.4 Å². The quantitative estimate of drug-likeness (QED) is 0.402. The molecule has 0 aliphatic heterocycles. The normalized spacial score (nSPS) is 11.6. The van der Waals surface area contributed by atoms with Gasteiger partial charge in [0.15, 0.2) is 5.56 Å². The van der Waals surface area contributed by atoms with Gasteiger partial charge in [0.25, 0.3) is 11.5 Å². The third-order valence-electron chi connectivity index (χ3n) is 4.20. The number of aromatic nitrogens is 1. The number of benzene rings is 2.